The molecule has 0 spiro atoms. The van der Waals surface area contributed by atoms with E-state index in [4.69, 9.17) is 32.7 Å². The Morgan fingerprint density at radius 1 is 1.19 bits per heavy atom. The number of carbonyl (C=O) groups is 2. The molecule has 1 aromatic carbocycles. The lowest BCUT2D eigenvalue weighted by atomic mass is 10.1. The zero-order chi connectivity index (χ0) is 25.7. The highest BCUT2D eigenvalue weighted by molar-refractivity contribution is 7.99. The van der Waals surface area contributed by atoms with Crippen molar-refractivity contribution in [3.63, 3.8) is 0 Å². The number of fused-ring (bicyclic) bond motifs is 1. The molecule has 0 unspecified atom stereocenters. The number of anilines is 1. The van der Waals surface area contributed by atoms with Gasteiger partial charge in [-0.25, -0.2) is 4.79 Å². The number of aromatic nitrogens is 3. The van der Waals surface area contributed by atoms with E-state index < -0.39 is 0 Å². The number of nitrogens with one attached hydrogen (secondary N) is 1. The molecule has 0 fully saturated rings. The molecule has 1 aliphatic rings. The first-order valence-corrected chi connectivity index (χ1v) is 14.1. The summed E-state index contributed by atoms with van der Waals surface area (Å²) >= 11 is 14.8. The molecule has 0 saturated heterocycles. The molecule has 0 atom stereocenters. The minimum absolute atomic E-state index is 0.112. The number of aryl methyl sites for hydroxylation is 1. The molecule has 36 heavy (non-hydrogen) atoms. The topological polar surface area (TPSA) is 95.3 Å². The Labute approximate surface area is 227 Å². The van der Waals surface area contributed by atoms with E-state index in [1.165, 1.54) is 23.1 Å². The van der Waals surface area contributed by atoms with Gasteiger partial charge in [0.05, 0.1) is 22.9 Å². The summed E-state index contributed by atoms with van der Waals surface area (Å²) in [5.41, 5.74) is 1.54. The van der Waals surface area contributed by atoms with E-state index in [1.807, 2.05) is 0 Å². The average molecular weight is 570 g/mol. The highest BCUT2D eigenvalue weighted by Gasteiger charge is 2.26. The van der Waals surface area contributed by atoms with Crippen LogP contribution in [0.3, 0.4) is 0 Å². The maximum atomic E-state index is 12.8. The van der Waals surface area contributed by atoms with Crippen LogP contribution in [0.4, 0.5) is 5.00 Å². The SMILES string of the molecule is CCOC(=O)c1c(NC(=O)CSc2nnc(COc3ccc(Cl)cc3Cl)n2C)sc2c1CCCCC2. The standard InChI is InChI=1S/C24H26Cl2N4O4S2/c1-3-33-23(32)21-15-7-5-4-6-8-18(15)36-22(21)27-20(31)13-35-24-29-28-19(30(24)2)12-34-17-10-9-14(25)11-16(17)26/h9-11H,3-8,12-13H2,1-2H3,(H,27,31). The first-order chi connectivity index (χ1) is 17.4. The van der Waals surface area contributed by atoms with E-state index in [2.05, 4.69) is 15.5 Å². The molecule has 4 rings (SSSR count). The number of halogens is 2. The van der Waals surface area contributed by atoms with Crippen LogP contribution in [0.1, 0.15) is 52.8 Å². The van der Waals surface area contributed by atoms with Gasteiger partial charge in [0.25, 0.3) is 0 Å². The van der Waals surface area contributed by atoms with Gasteiger partial charge in [-0.05, 0) is 56.4 Å². The largest absolute Gasteiger partial charge is 0.484 e. The van der Waals surface area contributed by atoms with Gasteiger partial charge in [-0.15, -0.1) is 21.5 Å². The number of thiophene rings is 1. The van der Waals surface area contributed by atoms with E-state index in [-0.39, 0.29) is 30.8 Å². The number of benzene rings is 1. The third kappa shape index (κ3) is 6.34. The molecule has 1 amide bonds. The maximum Gasteiger partial charge on any atom is 0.341 e. The summed E-state index contributed by atoms with van der Waals surface area (Å²) in [6, 6.07) is 4.99. The van der Waals surface area contributed by atoms with Gasteiger partial charge >= 0.3 is 5.97 Å². The molecule has 2 heterocycles. The molecule has 0 saturated carbocycles. The number of rotatable bonds is 9. The molecule has 1 N–H and O–H groups in total. The zero-order valence-electron chi connectivity index (χ0n) is 19.9. The van der Waals surface area contributed by atoms with Crippen molar-refractivity contribution in [2.24, 2.45) is 7.05 Å². The second-order valence-electron chi connectivity index (χ2n) is 8.15. The number of carbonyl (C=O) groups excluding carboxylic acids is 2. The molecule has 0 radical (unpaired) electrons. The van der Waals surface area contributed by atoms with Crippen LogP contribution in [-0.2, 0) is 36.0 Å². The Balaban J connectivity index is 1.39. The molecular weight excluding hydrogens is 543 g/mol. The van der Waals surface area contributed by atoms with E-state index in [1.54, 1.807) is 36.7 Å². The van der Waals surface area contributed by atoms with Gasteiger partial charge in [-0.3, -0.25) is 4.79 Å². The number of ether oxygens (including phenoxy) is 2. The molecule has 2 aromatic heterocycles. The monoisotopic (exact) mass is 568 g/mol. The maximum absolute atomic E-state index is 12.8. The van der Waals surface area contributed by atoms with Crippen LogP contribution in [0.2, 0.25) is 10.0 Å². The number of thioether (sulfide) groups is 1. The first kappa shape index (κ1) is 26.8. The Morgan fingerprint density at radius 3 is 2.78 bits per heavy atom. The minimum atomic E-state index is -0.376. The molecule has 3 aromatic rings. The van der Waals surface area contributed by atoms with Gasteiger partial charge in [0.2, 0.25) is 5.91 Å². The van der Waals surface area contributed by atoms with Crippen molar-refractivity contribution in [2.75, 3.05) is 17.7 Å². The molecule has 12 heteroatoms. The molecule has 0 aliphatic heterocycles. The normalized spacial score (nSPS) is 13.1. The summed E-state index contributed by atoms with van der Waals surface area (Å²) in [6.07, 6.45) is 5.00. The van der Waals surface area contributed by atoms with Crippen molar-refractivity contribution in [3.8, 4) is 5.75 Å². The van der Waals surface area contributed by atoms with Crippen LogP contribution in [0.5, 0.6) is 5.75 Å². The summed E-state index contributed by atoms with van der Waals surface area (Å²) in [7, 11) is 1.80. The van der Waals surface area contributed by atoms with Gasteiger partial charge in [0.1, 0.15) is 17.4 Å². The Morgan fingerprint density at radius 2 is 2.00 bits per heavy atom. The van der Waals surface area contributed by atoms with E-state index >= 15 is 0 Å². The van der Waals surface area contributed by atoms with Crippen molar-refractivity contribution in [2.45, 2.75) is 50.8 Å². The fraction of sp³-hybridized carbons (Fsp3) is 0.417. The smallest absolute Gasteiger partial charge is 0.341 e. The number of nitrogens with zero attached hydrogens (tertiary/aromatic N) is 3. The first-order valence-electron chi connectivity index (χ1n) is 11.6. The molecule has 192 valence electrons. The predicted octanol–water partition coefficient (Wildman–Crippen LogP) is 5.94. The van der Waals surface area contributed by atoms with Gasteiger partial charge in [0.15, 0.2) is 11.0 Å². The lowest BCUT2D eigenvalue weighted by Crippen LogP contribution is -2.17. The summed E-state index contributed by atoms with van der Waals surface area (Å²) in [5.74, 6) is 0.579. The Bertz CT molecular complexity index is 1260. The lowest BCUT2D eigenvalue weighted by molar-refractivity contribution is -0.113. The van der Waals surface area contributed by atoms with Crippen molar-refractivity contribution in [1.29, 1.82) is 0 Å². The Kier molecular flexibility index (Phi) is 9.16. The summed E-state index contributed by atoms with van der Waals surface area (Å²) in [5, 5.41) is 13.3. The van der Waals surface area contributed by atoms with Crippen molar-refractivity contribution in [3.05, 3.63) is 50.1 Å². The molecular formula is C24H26Cl2N4O4S2. The van der Waals surface area contributed by atoms with E-state index in [0.29, 0.717) is 37.3 Å². The fourth-order valence-electron chi connectivity index (χ4n) is 3.87. The molecule has 1 aliphatic carbocycles. The van der Waals surface area contributed by atoms with Crippen LogP contribution < -0.4 is 10.1 Å². The summed E-state index contributed by atoms with van der Waals surface area (Å²) < 4.78 is 12.8. The van der Waals surface area contributed by atoms with Gasteiger partial charge < -0.3 is 19.4 Å². The predicted molar refractivity (Wildman–Crippen MR) is 143 cm³/mol. The molecule has 8 nitrogen and oxygen atoms in total. The van der Waals surface area contributed by atoms with Crippen LogP contribution in [0.15, 0.2) is 23.4 Å². The minimum Gasteiger partial charge on any atom is -0.484 e. The van der Waals surface area contributed by atoms with Crippen molar-refractivity contribution >= 4 is 63.2 Å². The third-order valence-corrected chi connectivity index (χ3v) is 8.42. The third-order valence-electron chi connectivity index (χ3n) is 5.66. The highest BCUT2D eigenvalue weighted by Crippen LogP contribution is 2.38. The zero-order valence-corrected chi connectivity index (χ0v) is 23.1. The highest BCUT2D eigenvalue weighted by atomic mass is 35.5. The van der Waals surface area contributed by atoms with Gasteiger partial charge in [0, 0.05) is 16.9 Å². The second kappa shape index (κ2) is 12.3. The van der Waals surface area contributed by atoms with Crippen LogP contribution >= 0.6 is 46.3 Å². The lowest BCUT2D eigenvalue weighted by Gasteiger charge is -2.09. The molecule has 0 bridgehead atoms. The Hall–Kier alpha value is -2.27. The summed E-state index contributed by atoms with van der Waals surface area (Å²) in [6.45, 7) is 2.22. The van der Waals surface area contributed by atoms with Crippen molar-refractivity contribution in [1.82, 2.24) is 14.8 Å². The van der Waals surface area contributed by atoms with Gasteiger partial charge in [-0.2, -0.15) is 0 Å². The number of hydrogen-bond donors (Lipinski definition) is 1. The number of hydrogen-bond acceptors (Lipinski definition) is 8. The van der Waals surface area contributed by atoms with Crippen LogP contribution in [0.25, 0.3) is 0 Å². The average Bonchev–Trinajstić information content (AvgIpc) is 3.27. The number of esters is 1. The van der Waals surface area contributed by atoms with E-state index in [9.17, 15) is 9.59 Å². The fourth-order valence-corrected chi connectivity index (χ4v) is 6.36. The van der Waals surface area contributed by atoms with Crippen LogP contribution in [-0.4, -0.2) is 39.0 Å². The quantitative estimate of drug-likeness (QED) is 0.194. The van der Waals surface area contributed by atoms with Crippen LogP contribution in [0, 0.1) is 0 Å². The van der Waals surface area contributed by atoms with Crippen molar-refractivity contribution < 1.29 is 19.1 Å². The van der Waals surface area contributed by atoms with Gasteiger partial charge in [-0.1, -0.05) is 41.4 Å². The number of amides is 1. The second-order valence-corrected chi connectivity index (χ2v) is 11.0. The van der Waals surface area contributed by atoms with E-state index in [0.717, 1.165) is 42.5 Å². The summed E-state index contributed by atoms with van der Waals surface area (Å²) in [4.78, 5) is 26.7.